The largest absolute Gasteiger partial charge is 0.494 e. The lowest BCUT2D eigenvalue weighted by Crippen LogP contribution is -2.34. The highest BCUT2D eigenvalue weighted by atomic mass is 16.5. The van der Waals surface area contributed by atoms with Gasteiger partial charge in [0.25, 0.3) is 0 Å². The lowest BCUT2D eigenvalue weighted by atomic mass is 9.81. The molecular weight excluding hydrogens is 368 g/mol. The van der Waals surface area contributed by atoms with Gasteiger partial charge in [0.05, 0.1) is 6.61 Å². The van der Waals surface area contributed by atoms with Gasteiger partial charge < -0.3 is 9.64 Å². The number of benzene rings is 2. The van der Waals surface area contributed by atoms with Gasteiger partial charge in [-0.2, -0.15) is 0 Å². The molecule has 0 radical (unpaired) electrons. The number of ether oxygens (including phenoxy) is 1. The molecule has 3 aliphatic heterocycles. The molecule has 30 heavy (non-hydrogen) atoms. The fourth-order valence-corrected chi connectivity index (χ4v) is 5.72. The molecule has 0 amide bonds. The fourth-order valence-electron chi connectivity index (χ4n) is 5.72. The molecule has 0 aliphatic carbocycles. The lowest BCUT2D eigenvalue weighted by Gasteiger charge is -2.37. The molecule has 0 N–H and O–H groups in total. The van der Waals surface area contributed by atoms with Gasteiger partial charge in [0, 0.05) is 25.0 Å². The Morgan fingerprint density at radius 1 is 0.900 bits per heavy atom. The minimum atomic E-state index is 0.475. The van der Waals surface area contributed by atoms with Crippen LogP contribution in [0.4, 0.5) is 0 Å². The van der Waals surface area contributed by atoms with Crippen LogP contribution in [0.25, 0.3) is 0 Å². The van der Waals surface area contributed by atoms with Crippen LogP contribution in [-0.4, -0.2) is 49.1 Å². The molecule has 0 bridgehead atoms. The Morgan fingerprint density at radius 3 is 2.57 bits per heavy atom. The third-order valence-corrected chi connectivity index (χ3v) is 7.39. The van der Waals surface area contributed by atoms with Crippen molar-refractivity contribution in [2.75, 3.05) is 39.3 Å². The molecule has 3 heteroatoms. The number of aryl methyl sites for hydroxylation is 1. The molecule has 2 aromatic carbocycles. The SMILES string of the molecule is Cc1ccc([C@H]2CN3CCC[C@@H]3c3cc(OCCCN4CCCCC4)ccc32)cc1. The Labute approximate surface area is 182 Å². The summed E-state index contributed by atoms with van der Waals surface area (Å²) >= 11 is 0. The van der Waals surface area contributed by atoms with E-state index in [1.807, 2.05) is 0 Å². The molecule has 2 saturated heterocycles. The first-order valence-electron chi connectivity index (χ1n) is 12.1. The highest BCUT2D eigenvalue weighted by Gasteiger charge is 2.36. The van der Waals surface area contributed by atoms with E-state index in [1.54, 1.807) is 0 Å². The second-order valence-corrected chi connectivity index (χ2v) is 9.51. The monoisotopic (exact) mass is 404 g/mol. The van der Waals surface area contributed by atoms with E-state index in [9.17, 15) is 0 Å². The van der Waals surface area contributed by atoms with Gasteiger partial charge in [-0.1, -0.05) is 42.3 Å². The summed E-state index contributed by atoms with van der Waals surface area (Å²) in [5.41, 5.74) is 5.81. The van der Waals surface area contributed by atoms with E-state index in [1.165, 1.54) is 80.5 Å². The maximum absolute atomic E-state index is 6.22. The second-order valence-electron chi connectivity index (χ2n) is 9.51. The van der Waals surface area contributed by atoms with Gasteiger partial charge in [0.15, 0.2) is 0 Å². The molecule has 3 heterocycles. The Morgan fingerprint density at radius 2 is 1.73 bits per heavy atom. The highest BCUT2D eigenvalue weighted by molar-refractivity contribution is 5.46. The Kier molecular flexibility index (Phi) is 6.10. The van der Waals surface area contributed by atoms with E-state index in [0.717, 1.165) is 25.3 Å². The summed E-state index contributed by atoms with van der Waals surface area (Å²) in [4.78, 5) is 5.30. The maximum atomic E-state index is 6.22. The van der Waals surface area contributed by atoms with Crippen LogP contribution in [0.15, 0.2) is 42.5 Å². The van der Waals surface area contributed by atoms with Crippen molar-refractivity contribution in [3.8, 4) is 5.75 Å². The van der Waals surface area contributed by atoms with Crippen molar-refractivity contribution >= 4 is 0 Å². The van der Waals surface area contributed by atoms with Gasteiger partial charge in [-0.25, -0.2) is 0 Å². The zero-order valence-corrected chi connectivity index (χ0v) is 18.5. The number of nitrogens with zero attached hydrogens (tertiary/aromatic N) is 2. The van der Waals surface area contributed by atoms with E-state index in [2.05, 4.69) is 59.2 Å². The van der Waals surface area contributed by atoms with Crippen LogP contribution in [0.1, 0.15) is 72.7 Å². The van der Waals surface area contributed by atoms with E-state index in [-0.39, 0.29) is 0 Å². The Bertz CT molecular complexity index is 840. The number of rotatable bonds is 6. The van der Waals surface area contributed by atoms with Gasteiger partial charge in [-0.15, -0.1) is 0 Å². The minimum Gasteiger partial charge on any atom is -0.494 e. The molecule has 0 saturated carbocycles. The average Bonchev–Trinajstić information content (AvgIpc) is 3.26. The molecule has 3 nitrogen and oxygen atoms in total. The van der Waals surface area contributed by atoms with Gasteiger partial charge in [-0.05, 0) is 87.5 Å². The van der Waals surface area contributed by atoms with Crippen molar-refractivity contribution in [1.82, 2.24) is 9.80 Å². The van der Waals surface area contributed by atoms with Gasteiger partial charge in [0.1, 0.15) is 5.75 Å². The minimum absolute atomic E-state index is 0.475. The average molecular weight is 405 g/mol. The molecule has 2 fully saturated rings. The van der Waals surface area contributed by atoms with Crippen LogP contribution >= 0.6 is 0 Å². The zero-order valence-electron chi connectivity index (χ0n) is 18.5. The number of hydrogen-bond acceptors (Lipinski definition) is 3. The first-order chi connectivity index (χ1) is 14.8. The molecule has 3 aliphatic rings. The molecule has 5 rings (SSSR count). The number of hydrogen-bond donors (Lipinski definition) is 0. The third-order valence-electron chi connectivity index (χ3n) is 7.39. The van der Waals surface area contributed by atoms with Crippen LogP contribution in [0.2, 0.25) is 0 Å². The first-order valence-corrected chi connectivity index (χ1v) is 12.1. The van der Waals surface area contributed by atoms with E-state index < -0.39 is 0 Å². The summed E-state index contributed by atoms with van der Waals surface area (Å²) in [6, 6.07) is 16.7. The summed E-state index contributed by atoms with van der Waals surface area (Å²) in [5.74, 6) is 1.53. The van der Waals surface area contributed by atoms with Crippen molar-refractivity contribution in [2.45, 2.75) is 57.4 Å². The van der Waals surface area contributed by atoms with Gasteiger partial charge in [-0.3, -0.25) is 4.90 Å². The summed E-state index contributed by atoms with van der Waals surface area (Å²) in [6.45, 7) is 9.10. The molecule has 0 spiro atoms. The molecule has 2 aromatic rings. The standard InChI is InChI=1S/C27H36N2O/c1-21-8-10-22(11-9-21)26-20-29-17-5-7-27(29)25-19-23(12-13-24(25)26)30-18-6-16-28-14-3-2-4-15-28/h8-13,19,26-27H,2-7,14-18,20H2,1H3/t26-,27-/m1/s1. The van der Waals surface area contributed by atoms with Crippen LogP contribution in [-0.2, 0) is 0 Å². The van der Waals surface area contributed by atoms with E-state index in [4.69, 9.17) is 4.74 Å². The second kappa shape index (κ2) is 9.11. The van der Waals surface area contributed by atoms with Crippen molar-refractivity contribution < 1.29 is 4.74 Å². The Balaban J connectivity index is 1.29. The molecule has 0 aromatic heterocycles. The molecule has 2 atom stereocenters. The quantitative estimate of drug-likeness (QED) is 0.589. The summed E-state index contributed by atoms with van der Waals surface area (Å²) < 4.78 is 6.22. The lowest BCUT2D eigenvalue weighted by molar-refractivity contribution is 0.204. The van der Waals surface area contributed by atoms with Gasteiger partial charge in [0.2, 0.25) is 0 Å². The first kappa shape index (κ1) is 20.1. The van der Waals surface area contributed by atoms with Crippen LogP contribution < -0.4 is 4.74 Å². The number of piperidine rings is 1. The van der Waals surface area contributed by atoms with Crippen LogP contribution in [0, 0.1) is 6.92 Å². The smallest absolute Gasteiger partial charge is 0.119 e. The predicted octanol–water partition coefficient (Wildman–Crippen LogP) is 5.53. The van der Waals surface area contributed by atoms with Crippen molar-refractivity contribution in [3.63, 3.8) is 0 Å². The number of likely N-dealkylation sites (tertiary alicyclic amines) is 1. The summed E-state index contributed by atoms with van der Waals surface area (Å²) in [5, 5.41) is 0. The zero-order chi connectivity index (χ0) is 20.3. The predicted molar refractivity (Wildman–Crippen MR) is 123 cm³/mol. The molecule has 0 unspecified atom stereocenters. The third kappa shape index (κ3) is 4.29. The highest BCUT2D eigenvalue weighted by Crippen LogP contribution is 2.45. The van der Waals surface area contributed by atoms with Crippen molar-refractivity contribution in [1.29, 1.82) is 0 Å². The van der Waals surface area contributed by atoms with Gasteiger partial charge >= 0.3 is 0 Å². The molecule has 160 valence electrons. The normalized spacial score (nSPS) is 24.4. The van der Waals surface area contributed by atoms with Crippen molar-refractivity contribution in [3.05, 3.63) is 64.7 Å². The van der Waals surface area contributed by atoms with Crippen LogP contribution in [0.5, 0.6) is 5.75 Å². The molecular formula is C27H36N2O. The van der Waals surface area contributed by atoms with E-state index >= 15 is 0 Å². The van der Waals surface area contributed by atoms with Crippen molar-refractivity contribution in [2.24, 2.45) is 0 Å². The maximum Gasteiger partial charge on any atom is 0.119 e. The topological polar surface area (TPSA) is 15.7 Å². The summed E-state index contributed by atoms with van der Waals surface area (Å²) in [6.07, 6.45) is 7.86. The summed E-state index contributed by atoms with van der Waals surface area (Å²) in [7, 11) is 0. The number of fused-ring (bicyclic) bond motifs is 3. The Hall–Kier alpha value is -1.84. The van der Waals surface area contributed by atoms with E-state index in [0.29, 0.717) is 12.0 Å². The fraction of sp³-hybridized carbons (Fsp3) is 0.556. The van der Waals surface area contributed by atoms with Crippen LogP contribution in [0.3, 0.4) is 0 Å².